The van der Waals surface area contributed by atoms with E-state index in [0.29, 0.717) is 5.92 Å². The van der Waals surface area contributed by atoms with Crippen molar-refractivity contribution in [2.75, 3.05) is 19.6 Å². The Labute approximate surface area is 137 Å². The summed E-state index contributed by atoms with van der Waals surface area (Å²) in [4.78, 5) is 14.7. The Balaban J connectivity index is 1.38. The number of carbonyl (C=O) groups excluding carboxylic acids is 1. The molecule has 1 amide bonds. The van der Waals surface area contributed by atoms with Crippen LogP contribution in [0.3, 0.4) is 0 Å². The van der Waals surface area contributed by atoms with Crippen molar-refractivity contribution in [1.82, 2.24) is 10.2 Å². The van der Waals surface area contributed by atoms with E-state index in [9.17, 15) is 4.79 Å². The van der Waals surface area contributed by atoms with E-state index >= 15 is 0 Å². The van der Waals surface area contributed by atoms with E-state index in [1.165, 1.54) is 31.5 Å². The minimum Gasteiger partial charge on any atom is -0.445 e. The first-order valence-corrected chi connectivity index (χ1v) is 9.28. The van der Waals surface area contributed by atoms with E-state index in [4.69, 9.17) is 4.74 Å². The number of nitrogens with one attached hydrogen (secondary N) is 1. The third kappa shape index (κ3) is 2.73. The van der Waals surface area contributed by atoms with Gasteiger partial charge in [0.25, 0.3) is 0 Å². The summed E-state index contributed by atoms with van der Waals surface area (Å²) in [6.07, 6.45) is 4.18. The summed E-state index contributed by atoms with van der Waals surface area (Å²) in [5.74, 6) is 0.561. The van der Waals surface area contributed by atoms with E-state index in [2.05, 4.69) is 37.6 Å². The molecule has 1 aromatic heterocycles. The van der Waals surface area contributed by atoms with E-state index in [1.807, 2.05) is 0 Å². The molecule has 21 heavy (non-hydrogen) atoms. The van der Waals surface area contributed by atoms with Crippen LogP contribution in [0, 0.1) is 5.92 Å². The van der Waals surface area contributed by atoms with Crippen LogP contribution in [-0.4, -0.2) is 36.7 Å². The van der Waals surface area contributed by atoms with Crippen molar-refractivity contribution in [1.29, 1.82) is 0 Å². The van der Waals surface area contributed by atoms with Crippen LogP contribution in [0.5, 0.6) is 0 Å². The van der Waals surface area contributed by atoms with Gasteiger partial charge < -0.3 is 10.1 Å². The van der Waals surface area contributed by atoms with E-state index in [1.54, 1.807) is 11.3 Å². The predicted octanol–water partition coefficient (Wildman–Crippen LogP) is 3.32. The number of halogens is 1. The fourth-order valence-electron chi connectivity index (χ4n) is 3.58. The summed E-state index contributed by atoms with van der Waals surface area (Å²) in [5.41, 5.74) is 1.03. The Bertz CT molecular complexity index is 550. The van der Waals surface area contributed by atoms with Crippen molar-refractivity contribution in [2.24, 2.45) is 5.92 Å². The molecule has 1 aromatic rings. The molecule has 4 heterocycles. The average molecular weight is 371 g/mol. The maximum atomic E-state index is 12.3. The molecule has 1 atom stereocenters. The minimum absolute atomic E-state index is 0.0810. The molecule has 3 aliphatic heterocycles. The predicted molar refractivity (Wildman–Crippen MR) is 85.5 cm³/mol. The van der Waals surface area contributed by atoms with Crippen molar-refractivity contribution < 1.29 is 9.53 Å². The number of hydrogen-bond acceptors (Lipinski definition) is 4. The fourth-order valence-corrected chi connectivity index (χ4v) is 4.83. The number of amides is 1. The van der Waals surface area contributed by atoms with Crippen LogP contribution >= 0.6 is 27.3 Å². The maximum Gasteiger partial charge on any atom is 0.408 e. The van der Waals surface area contributed by atoms with Crippen molar-refractivity contribution >= 4 is 33.4 Å². The smallest absolute Gasteiger partial charge is 0.408 e. The van der Waals surface area contributed by atoms with Crippen molar-refractivity contribution in [2.45, 2.75) is 37.3 Å². The van der Waals surface area contributed by atoms with Gasteiger partial charge in [0.15, 0.2) is 0 Å². The minimum atomic E-state index is -0.242. The van der Waals surface area contributed by atoms with Crippen molar-refractivity contribution in [3.05, 3.63) is 20.8 Å². The molecule has 0 spiro atoms. The summed E-state index contributed by atoms with van der Waals surface area (Å²) in [6, 6.07) is 2.10. The monoisotopic (exact) mass is 370 g/mol. The Hall–Kier alpha value is -0.590. The number of alkyl carbamates (subject to hydrolysis) is 1. The van der Waals surface area contributed by atoms with E-state index in [-0.39, 0.29) is 17.7 Å². The molecule has 1 N–H and O–H groups in total. The molecule has 4 aliphatic rings. The zero-order valence-corrected chi connectivity index (χ0v) is 14.2. The summed E-state index contributed by atoms with van der Waals surface area (Å²) in [6.45, 7) is 3.24. The second-order valence-corrected chi connectivity index (χ2v) is 8.72. The quantitative estimate of drug-likeness (QED) is 0.886. The molecule has 4 fully saturated rings. The average Bonchev–Trinajstić information content (AvgIpc) is 3.12. The first-order valence-electron chi connectivity index (χ1n) is 7.60. The third-order valence-electron chi connectivity index (χ3n) is 5.07. The molecule has 1 saturated carbocycles. The maximum absolute atomic E-state index is 12.3. The van der Waals surface area contributed by atoms with Gasteiger partial charge in [-0.3, -0.25) is 4.90 Å². The molecular formula is C15H19BrN2O2S. The molecular weight excluding hydrogens is 352 g/mol. The normalized spacial score (nSPS) is 32.7. The zero-order valence-electron chi connectivity index (χ0n) is 11.8. The van der Waals surface area contributed by atoms with Crippen LogP contribution in [0.25, 0.3) is 0 Å². The number of ether oxygens (including phenoxy) is 1. The Morgan fingerprint density at radius 1 is 1.43 bits per heavy atom. The molecule has 1 aliphatic carbocycles. The van der Waals surface area contributed by atoms with E-state index < -0.39 is 0 Å². The topological polar surface area (TPSA) is 41.6 Å². The van der Waals surface area contributed by atoms with Gasteiger partial charge in [-0.25, -0.2) is 4.79 Å². The van der Waals surface area contributed by atoms with Gasteiger partial charge in [0.2, 0.25) is 0 Å². The van der Waals surface area contributed by atoms with Gasteiger partial charge in [-0.05, 0) is 77.6 Å². The standard InChI is InChI=1S/C15H19BrN2O2S/c16-13-7-11(9-21-13)15(3-4-15)17-14(19)20-12-8-18-5-1-10(12)2-6-18/h7,9-10,12H,1-6,8H2,(H,17,19). The summed E-state index contributed by atoms with van der Waals surface area (Å²) >= 11 is 5.15. The number of fused-ring (bicyclic) bond motifs is 3. The first-order chi connectivity index (χ1) is 10.1. The Morgan fingerprint density at radius 3 is 2.71 bits per heavy atom. The van der Waals surface area contributed by atoms with Gasteiger partial charge in [0, 0.05) is 6.54 Å². The van der Waals surface area contributed by atoms with Gasteiger partial charge in [-0.15, -0.1) is 11.3 Å². The largest absolute Gasteiger partial charge is 0.445 e. The molecule has 3 saturated heterocycles. The SMILES string of the molecule is O=C(NC1(c2csc(Br)c2)CC1)OC1CN2CCC1CC2. The second-order valence-electron chi connectivity index (χ2n) is 6.43. The molecule has 0 aromatic carbocycles. The number of carbonyl (C=O) groups is 1. The van der Waals surface area contributed by atoms with Crippen molar-refractivity contribution in [3.63, 3.8) is 0 Å². The summed E-state index contributed by atoms with van der Waals surface area (Å²) in [7, 11) is 0. The van der Waals surface area contributed by atoms with Gasteiger partial charge in [-0.2, -0.15) is 0 Å². The van der Waals surface area contributed by atoms with Gasteiger partial charge in [0.1, 0.15) is 6.10 Å². The van der Waals surface area contributed by atoms with Crippen LogP contribution < -0.4 is 5.32 Å². The van der Waals surface area contributed by atoms with Crippen LogP contribution in [0.1, 0.15) is 31.2 Å². The zero-order chi connectivity index (χ0) is 14.4. The van der Waals surface area contributed by atoms with Crippen LogP contribution in [0.15, 0.2) is 15.2 Å². The fraction of sp³-hybridized carbons (Fsp3) is 0.667. The lowest BCUT2D eigenvalue weighted by Crippen LogP contribution is -2.53. The highest BCUT2D eigenvalue weighted by atomic mass is 79.9. The first kappa shape index (κ1) is 14.0. The van der Waals surface area contributed by atoms with Crippen LogP contribution in [0.4, 0.5) is 4.79 Å². The van der Waals surface area contributed by atoms with Gasteiger partial charge in [0.05, 0.1) is 9.33 Å². The highest BCUT2D eigenvalue weighted by Gasteiger charge is 2.47. The summed E-state index contributed by atoms with van der Waals surface area (Å²) < 4.78 is 6.84. The third-order valence-corrected chi connectivity index (χ3v) is 6.57. The van der Waals surface area contributed by atoms with E-state index in [0.717, 1.165) is 23.2 Å². The summed E-state index contributed by atoms with van der Waals surface area (Å²) in [5, 5.41) is 5.23. The molecule has 1 unspecified atom stereocenters. The number of thiophene rings is 1. The molecule has 2 bridgehead atoms. The van der Waals surface area contributed by atoms with Crippen LogP contribution in [0.2, 0.25) is 0 Å². The molecule has 5 rings (SSSR count). The lowest BCUT2D eigenvalue weighted by atomic mass is 9.86. The van der Waals surface area contributed by atoms with Gasteiger partial charge >= 0.3 is 6.09 Å². The van der Waals surface area contributed by atoms with Gasteiger partial charge in [-0.1, -0.05) is 0 Å². The second kappa shape index (κ2) is 5.25. The van der Waals surface area contributed by atoms with Crippen LogP contribution in [-0.2, 0) is 10.3 Å². The molecule has 114 valence electrons. The molecule has 6 heteroatoms. The highest BCUT2D eigenvalue weighted by molar-refractivity contribution is 9.11. The number of piperidine rings is 3. The highest BCUT2D eigenvalue weighted by Crippen LogP contribution is 2.47. The molecule has 0 radical (unpaired) electrons. The Kier molecular flexibility index (Phi) is 3.51. The lowest BCUT2D eigenvalue weighted by molar-refractivity contribution is -0.0342. The number of nitrogens with zero attached hydrogens (tertiary/aromatic N) is 1. The lowest BCUT2D eigenvalue weighted by Gasteiger charge is -2.43. The Morgan fingerprint density at radius 2 is 2.19 bits per heavy atom. The molecule has 4 nitrogen and oxygen atoms in total. The van der Waals surface area contributed by atoms with Crippen molar-refractivity contribution in [3.8, 4) is 0 Å². The number of rotatable bonds is 3. The number of hydrogen-bond donors (Lipinski definition) is 1.